The van der Waals surface area contributed by atoms with Crippen molar-refractivity contribution in [3.05, 3.63) is 99.1 Å². The maximum Gasteiger partial charge on any atom is 0.272 e. The van der Waals surface area contributed by atoms with E-state index in [9.17, 15) is 9.59 Å². The van der Waals surface area contributed by atoms with Crippen LogP contribution in [0.15, 0.2) is 71.7 Å². The van der Waals surface area contributed by atoms with Gasteiger partial charge in [-0.15, -0.1) is 0 Å². The van der Waals surface area contributed by atoms with Gasteiger partial charge in [-0.1, -0.05) is 41.9 Å². The second kappa shape index (κ2) is 7.93. The van der Waals surface area contributed by atoms with Crippen LogP contribution in [0.2, 0.25) is 5.02 Å². The molecule has 2 heterocycles. The van der Waals surface area contributed by atoms with E-state index in [2.05, 4.69) is 10.4 Å². The number of hydrogen-bond donors (Lipinski definition) is 1. The van der Waals surface area contributed by atoms with Crippen LogP contribution in [0.5, 0.6) is 0 Å². The van der Waals surface area contributed by atoms with Crippen molar-refractivity contribution < 1.29 is 4.79 Å². The number of aromatic nitrogens is 3. The molecule has 4 rings (SSSR count). The van der Waals surface area contributed by atoms with Gasteiger partial charge in [-0.05, 0) is 35.4 Å². The van der Waals surface area contributed by atoms with E-state index in [1.807, 2.05) is 53.2 Å². The Labute approximate surface area is 172 Å². The Balaban J connectivity index is 1.59. The summed E-state index contributed by atoms with van der Waals surface area (Å²) in [6, 6.07) is 18.5. The van der Waals surface area contributed by atoms with Gasteiger partial charge in [-0.3, -0.25) is 14.3 Å². The molecule has 1 N–H and O–H groups in total. The van der Waals surface area contributed by atoms with E-state index < -0.39 is 0 Å². The molecule has 0 fully saturated rings. The standard InChI is InChI=1S/C22H19ClN4O2/c1-26-11-10-16(12-20(26)28)13-24-22(29)21-18-4-2-3-5-19(18)27(25-21)14-15-6-8-17(23)9-7-15/h2-12H,13-14H2,1H3,(H,24,29). The molecule has 0 aliphatic heterocycles. The van der Waals surface area contributed by atoms with Crippen molar-refractivity contribution >= 4 is 28.4 Å². The van der Waals surface area contributed by atoms with Crippen molar-refractivity contribution in [2.45, 2.75) is 13.1 Å². The van der Waals surface area contributed by atoms with Gasteiger partial charge in [0.05, 0.1) is 12.1 Å². The molecule has 0 bridgehead atoms. The van der Waals surface area contributed by atoms with Crippen molar-refractivity contribution in [3.63, 3.8) is 0 Å². The van der Waals surface area contributed by atoms with Crippen LogP contribution in [0.25, 0.3) is 10.9 Å². The number of carbonyl (C=O) groups excluding carboxylic acids is 1. The first-order chi connectivity index (χ1) is 14.0. The van der Waals surface area contributed by atoms with Crippen LogP contribution in [-0.2, 0) is 20.1 Å². The zero-order chi connectivity index (χ0) is 20.4. The molecule has 4 aromatic rings. The summed E-state index contributed by atoms with van der Waals surface area (Å²) in [5.74, 6) is -0.281. The van der Waals surface area contributed by atoms with Gasteiger partial charge in [0.15, 0.2) is 5.69 Å². The molecular weight excluding hydrogens is 388 g/mol. The van der Waals surface area contributed by atoms with E-state index in [4.69, 9.17) is 11.6 Å². The highest BCUT2D eigenvalue weighted by Crippen LogP contribution is 2.20. The van der Waals surface area contributed by atoms with Gasteiger partial charge < -0.3 is 9.88 Å². The highest BCUT2D eigenvalue weighted by atomic mass is 35.5. The van der Waals surface area contributed by atoms with Crippen LogP contribution >= 0.6 is 11.6 Å². The van der Waals surface area contributed by atoms with Crippen LogP contribution < -0.4 is 10.9 Å². The van der Waals surface area contributed by atoms with Gasteiger partial charge in [-0.2, -0.15) is 5.10 Å². The largest absolute Gasteiger partial charge is 0.347 e. The Bertz CT molecular complexity index is 1240. The zero-order valence-electron chi connectivity index (χ0n) is 15.8. The molecule has 2 aromatic heterocycles. The number of carbonyl (C=O) groups is 1. The van der Waals surface area contributed by atoms with Crippen molar-refractivity contribution in [2.75, 3.05) is 0 Å². The minimum absolute atomic E-state index is 0.116. The lowest BCUT2D eigenvalue weighted by atomic mass is 10.2. The van der Waals surface area contributed by atoms with E-state index in [0.717, 1.165) is 22.0 Å². The lowest BCUT2D eigenvalue weighted by molar-refractivity contribution is 0.0946. The minimum Gasteiger partial charge on any atom is -0.347 e. The third-order valence-corrected chi connectivity index (χ3v) is 4.99. The Hall–Kier alpha value is -3.38. The number of nitrogens with one attached hydrogen (secondary N) is 1. The number of benzene rings is 2. The molecular formula is C22H19ClN4O2. The monoisotopic (exact) mass is 406 g/mol. The van der Waals surface area contributed by atoms with Gasteiger partial charge in [-0.25, -0.2) is 0 Å². The molecule has 7 heteroatoms. The third-order valence-electron chi connectivity index (χ3n) is 4.74. The lowest BCUT2D eigenvalue weighted by Crippen LogP contribution is -2.25. The number of amides is 1. The molecule has 0 aliphatic carbocycles. The first kappa shape index (κ1) is 19.0. The second-order valence-electron chi connectivity index (χ2n) is 6.82. The molecule has 29 heavy (non-hydrogen) atoms. The van der Waals surface area contributed by atoms with Gasteiger partial charge in [0.2, 0.25) is 0 Å². The van der Waals surface area contributed by atoms with Crippen LogP contribution in [0.1, 0.15) is 21.6 Å². The number of pyridine rings is 1. The first-order valence-corrected chi connectivity index (χ1v) is 9.53. The highest BCUT2D eigenvalue weighted by molar-refractivity contribution is 6.30. The molecule has 1 amide bonds. The van der Waals surface area contributed by atoms with Crippen LogP contribution in [0.4, 0.5) is 0 Å². The van der Waals surface area contributed by atoms with Crippen molar-refractivity contribution in [1.29, 1.82) is 0 Å². The summed E-state index contributed by atoms with van der Waals surface area (Å²) in [5.41, 5.74) is 2.90. The van der Waals surface area contributed by atoms with E-state index in [0.29, 0.717) is 17.3 Å². The molecule has 2 aromatic carbocycles. The molecule has 0 aliphatic rings. The predicted octanol–water partition coefficient (Wildman–Crippen LogP) is 3.37. The summed E-state index contributed by atoms with van der Waals surface area (Å²) >= 11 is 5.96. The number of halogens is 1. The Morgan fingerprint density at radius 1 is 1.07 bits per heavy atom. The van der Waals surface area contributed by atoms with E-state index >= 15 is 0 Å². The van der Waals surface area contributed by atoms with Crippen molar-refractivity contribution in [1.82, 2.24) is 19.7 Å². The van der Waals surface area contributed by atoms with Gasteiger partial charge >= 0.3 is 0 Å². The smallest absolute Gasteiger partial charge is 0.272 e. The third kappa shape index (κ3) is 4.07. The molecule has 6 nitrogen and oxygen atoms in total. The van der Waals surface area contributed by atoms with Gasteiger partial charge in [0.1, 0.15) is 0 Å². The zero-order valence-corrected chi connectivity index (χ0v) is 16.6. The van der Waals surface area contributed by atoms with E-state index in [-0.39, 0.29) is 18.0 Å². The second-order valence-corrected chi connectivity index (χ2v) is 7.25. The number of hydrogen-bond acceptors (Lipinski definition) is 3. The normalized spacial score (nSPS) is 11.0. The molecule has 0 saturated carbocycles. The summed E-state index contributed by atoms with van der Waals surface area (Å²) in [4.78, 5) is 24.6. The summed E-state index contributed by atoms with van der Waals surface area (Å²) in [6.07, 6.45) is 1.68. The fraction of sp³-hybridized carbons (Fsp3) is 0.136. The molecule has 0 spiro atoms. The maximum atomic E-state index is 12.8. The van der Waals surface area contributed by atoms with Crippen LogP contribution in [0.3, 0.4) is 0 Å². The minimum atomic E-state index is -0.281. The fourth-order valence-corrected chi connectivity index (χ4v) is 3.27. The van der Waals surface area contributed by atoms with Crippen molar-refractivity contribution in [3.8, 4) is 0 Å². The van der Waals surface area contributed by atoms with Crippen LogP contribution in [-0.4, -0.2) is 20.3 Å². The Morgan fingerprint density at radius 3 is 2.59 bits per heavy atom. The number of para-hydroxylation sites is 1. The fourth-order valence-electron chi connectivity index (χ4n) is 3.14. The van der Waals surface area contributed by atoms with Crippen LogP contribution in [0, 0.1) is 0 Å². The Morgan fingerprint density at radius 2 is 1.83 bits per heavy atom. The average Bonchev–Trinajstić information content (AvgIpc) is 3.09. The molecule has 0 radical (unpaired) electrons. The molecule has 0 saturated heterocycles. The maximum absolute atomic E-state index is 12.8. The first-order valence-electron chi connectivity index (χ1n) is 9.15. The number of fused-ring (bicyclic) bond motifs is 1. The SMILES string of the molecule is Cn1ccc(CNC(=O)c2nn(Cc3ccc(Cl)cc3)c3ccccc23)cc1=O. The van der Waals surface area contributed by atoms with Crippen molar-refractivity contribution in [2.24, 2.45) is 7.05 Å². The van der Waals surface area contributed by atoms with E-state index in [1.54, 1.807) is 19.3 Å². The Kier molecular flexibility index (Phi) is 5.18. The topological polar surface area (TPSA) is 68.9 Å². The molecule has 0 unspecified atom stereocenters. The van der Waals surface area contributed by atoms with Gasteiger partial charge in [0, 0.05) is 36.3 Å². The number of nitrogens with zero attached hydrogens (tertiary/aromatic N) is 3. The quantitative estimate of drug-likeness (QED) is 0.552. The lowest BCUT2D eigenvalue weighted by Gasteiger charge is -2.05. The van der Waals surface area contributed by atoms with Gasteiger partial charge in [0.25, 0.3) is 11.5 Å². The number of aryl methyl sites for hydroxylation is 1. The average molecular weight is 407 g/mol. The summed E-state index contributed by atoms with van der Waals surface area (Å²) in [5, 5.41) is 8.87. The van der Waals surface area contributed by atoms with E-state index in [1.165, 1.54) is 10.6 Å². The molecule has 146 valence electrons. The predicted molar refractivity (Wildman–Crippen MR) is 113 cm³/mol. The number of rotatable bonds is 5. The summed E-state index contributed by atoms with van der Waals surface area (Å²) < 4.78 is 3.29. The molecule has 0 atom stereocenters. The summed E-state index contributed by atoms with van der Waals surface area (Å²) in [7, 11) is 1.68. The summed E-state index contributed by atoms with van der Waals surface area (Å²) in [6.45, 7) is 0.785. The highest BCUT2D eigenvalue weighted by Gasteiger charge is 2.17.